The van der Waals surface area contributed by atoms with Crippen molar-refractivity contribution in [2.45, 2.75) is 32.4 Å². The maximum atomic E-state index is 11.9. The van der Waals surface area contributed by atoms with Crippen LogP contribution in [-0.2, 0) is 17.8 Å². The molecule has 5 nitrogen and oxygen atoms in total. The van der Waals surface area contributed by atoms with Crippen LogP contribution in [0.2, 0.25) is 0 Å². The van der Waals surface area contributed by atoms with E-state index in [0.29, 0.717) is 4.88 Å². The zero-order valence-electron chi connectivity index (χ0n) is 10.2. The average Bonchev–Trinajstić information content (AvgIpc) is 2.71. The highest BCUT2D eigenvalue weighted by molar-refractivity contribution is 7.14. The van der Waals surface area contributed by atoms with Crippen molar-refractivity contribution >= 4 is 23.2 Å². The Kier molecular flexibility index (Phi) is 3.98. The van der Waals surface area contributed by atoms with Crippen molar-refractivity contribution in [3.63, 3.8) is 0 Å². The van der Waals surface area contributed by atoms with Crippen LogP contribution >= 0.6 is 11.3 Å². The molecule has 0 saturated carbocycles. The average molecular weight is 268 g/mol. The summed E-state index contributed by atoms with van der Waals surface area (Å²) >= 11 is 1.48. The fourth-order valence-electron chi connectivity index (χ4n) is 1.97. The van der Waals surface area contributed by atoms with Crippen LogP contribution in [0.5, 0.6) is 0 Å². The molecule has 2 heterocycles. The quantitative estimate of drug-likeness (QED) is 0.761. The summed E-state index contributed by atoms with van der Waals surface area (Å²) in [7, 11) is 0. The van der Waals surface area contributed by atoms with E-state index in [9.17, 15) is 9.59 Å². The number of carboxylic acids is 1. The molecule has 0 fully saturated rings. The van der Waals surface area contributed by atoms with Crippen LogP contribution in [0, 0.1) is 0 Å². The summed E-state index contributed by atoms with van der Waals surface area (Å²) in [5.41, 5.74) is 1.23. The highest BCUT2D eigenvalue weighted by Crippen LogP contribution is 2.25. The molecule has 1 aromatic heterocycles. The van der Waals surface area contributed by atoms with E-state index in [1.54, 1.807) is 6.92 Å². The minimum absolute atomic E-state index is 0.0572. The molecule has 0 bridgehead atoms. The lowest BCUT2D eigenvalue weighted by Gasteiger charge is -2.10. The van der Waals surface area contributed by atoms with Crippen molar-refractivity contribution in [1.29, 1.82) is 0 Å². The normalized spacial score (nSPS) is 15.8. The van der Waals surface area contributed by atoms with Gasteiger partial charge in [0.25, 0.3) is 5.91 Å². The molecule has 98 valence electrons. The van der Waals surface area contributed by atoms with Gasteiger partial charge in [0.05, 0.1) is 11.3 Å². The fourth-order valence-corrected chi connectivity index (χ4v) is 3.06. The number of carboxylic acid groups (broad SMARTS) is 1. The van der Waals surface area contributed by atoms with Gasteiger partial charge in [0.15, 0.2) is 0 Å². The molecule has 2 rings (SSSR count). The topological polar surface area (TPSA) is 78.4 Å². The number of hydrogen-bond donors (Lipinski definition) is 3. The molecular formula is C12H16N2O3S. The molecule has 1 unspecified atom stereocenters. The van der Waals surface area contributed by atoms with Gasteiger partial charge in [-0.2, -0.15) is 0 Å². The number of amides is 1. The second-order valence-electron chi connectivity index (χ2n) is 4.46. The Balaban J connectivity index is 2.00. The van der Waals surface area contributed by atoms with Crippen LogP contribution < -0.4 is 10.6 Å². The number of rotatable bonds is 4. The van der Waals surface area contributed by atoms with E-state index < -0.39 is 5.97 Å². The van der Waals surface area contributed by atoms with E-state index >= 15 is 0 Å². The highest BCUT2D eigenvalue weighted by atomic mass is 32.1. The van der Waals surface area contributed by atoms with Crippen molar-refractivity contribution in [1.82, 2.24) is 10.6 Å². The minimum atomic E-state index is -0.905. The molecule has 18 heavy (non-hydrogen) atoms. The molecule has 1 aliphatic rings. The summed E-state index contributed by atoms with van der Waals surface area (Å²) in [4.78, 5) is 24.3. The standard InChI is InChI=1S/C12H16N2O3S/c1-7(4-11(15)16)14-12(17)9-5-8-2-3-13-6-10(8)18-9/h5,7,13H,2-4,6H2,1H3,(H,14,17)(H,15,16). The van der Waals surface area contributed by atoms with E-state index in [4.69, 9.17) is 5.11 Å². The first-order valence-electron chi connectivity index (χ1n) is 5.91. The molecule has 0 aromatic carbocycles. The van der Waals surface area contributed by atoms with E-state index in [1.807, 2.05) is 6.07 Å². The lowest BCUT2D eigenvalue weighted by molar-refractivity contribution is -0.137. The number of nitrogens with one attached hydrogen (secondary N) is 2. The first-order valence-corrected chi connectivity index (χ1v) is 6.73. The van der Waals surface area contributed by atoms with E-state index in [-0.39, 0.29) is 18.4 Å². The van der Waals surface area contributed by atoms with Gasteiger partial charge in [-0.3, -0.25) is 9.59 Å². The molecular weight excluding hydrogens is 252 g/mol. The minimum Gasteiger partial charge on any atom is -0.481 e. The van der Waals surface area contributed by atoms with E-state index in [2.05, 4.69) is 10.6 Å². The molecule has 6 heteroatoms. The third kappa shape index (κ3) is 3.08. The number of carbonyl (C=O) groups is 2. The Morgan fingerprint density at radius 1 is 1.61 bits per heavy atom. The van der Waals surface area contributed by atoms with Crippen LogP contribution in [0.15, 0.2) is 6.07 Å². The lowest BCUT2D eigenvalue weighted by atomic mass is 10.1. The second kappa shape index (κ2) is 5.49. The summed E-state index contributed by atoms with van der Waals surface area (Å²) in [5, 5.41) is 14.6. The van der Waals surface area contributed by atoms with Gasteiger partial charge in [-0.05, 0) is 31.5 Å². The van der Waals surface area contributed by atoms with Crippen molar-refractivity contribution in [3.05, 3.63) is 21.4 Å². The molecule has 1 atom stereocenters. The Morgan fingerprint density at radius 3 is 3.06 bits per heavy atom. The zero-order chi connectivity index (χ0) is 13.1. The van der Waals surface area contributed by atoms with Gasteiger partial charge in [-0.1, -0.05) is 0 Å². The molecule has 0 radical (unpaired) electrons. The number of thiophene rings is 1. The third-order valence-corrected chi connectivity index (χ3v) is 4.01. The Bertz CT molecular complexity index is 446. The maximum Gasteiger partial charge on any atom is 0.305 e. The van der Waals surface area contributed by atoms with Crippen LogP contribution in [0.4, 0.5) is 0 Å². The summed E-state index contributed by atoms with van der Waals surface area (Å²) < 4.78 is 0. The SMILES string of the molecule is CC(CC(=O)O)NC(=O)c1cc2c(s1)CNCC2. The zero-order valence-corrected chi connectivity index (χ0v) is 11.0. The molecule has 0 saturated heterocycles. The summed E-state index contributed by atoms with van der Waals surface area (Å²) in [6.07, 6.45) is 0.891. The molecule has 1 amide bonds. The van der Waals surface area contributed by atoms with Crippen molar-refractivity contribution in [2.75, 3.05) is 6.54 Å². The van der Waals surface area contributed by atoms with Gasteiger partial charge in [-0.25, -0.2) is 0 Å². The van der Waals surface area contributed by atoms with Crippen LogP contribution in [0.1, 0.15) is 33.5 Å². The van der Waals surface area contributed by atoms with Crippen molar-refractivity contribution < 1.29 is 14.7 Å². The van der Waals surface area contributed by atoms with Gasteiger partial charge in [-0.15, -0.1) is 11.3 Å². The maximum absolute atomic E-state index is 11.9. The van der Waals surface area contributed by atoms with Gasteiger partial charge in [0.1, 0.15) is 0 Å². The third-order valence-electron chi connectivity index (χ3n) is 2.84. The molecule has 1 aromatic rings. The summed E-state index contributed by atoms with van der Waals surface area (Å²) in [5.74, 6) is -1.08. The van der Waals surface area contributed by atoms with E-state index in [1.165, 1.54) is 21.8 Å². The van der Waals surface area contributed by atoms with Gasteiger partial charge in [0.2, 0.25) is 0 Å². The first kappa shape index (κ1) is 13.0. The van der Waals surface area contributed by atoms with E-state index in [0.717, 1.165) is 19.5 Å². The Labute approximate surface area is 109 Å². The molecule has 1 aliphatic heterocycles. The smallest absolute Gasteiger partial charge is 0.305 e. The van der Waals surface area contributed by atoms with Gasteiger partial charge < -0.3 is 15.7 Å². The van der Waals surface area contributed by atoms with Gasteiger partial charge in [0, 0.05) is 17.5 Å². The molecule has 3 N–H and O–H groups in total. The van der Waals surface area contributed by atoms with Crippen molar-refractivity contribution in [3.8, 4) is 0 Å². The fraction of sp³-hybridized carbons (Fsp3) is 0.500. The van der Waals surface area contributed by atoms with Crippen LogP contribution in [-0.4, -0.2) is 29.6 Å². The number of fused-ring (bicyclic) bond motifs is 1. The van der Waals surface area contributed by atoms with Gasteiger partial charge >= 0.3 is 5.97 Å². The number of hydrogen-bond acceptors (Lipinski definition) is 4. The Morgan fingerprint density at radius 2 is 2.39 bits per heavy atom. The number of carbonyl (C=O) groups excluding carboxylic acids is 1. The summed E-state index contributed by atoms with van der Waals surface area (Å²) in [6, 6.07) is 1.57. The van der Waals surface area contributed by atoms with Crippen LogP contribution in [0.25, 0.3) is 0 Å². The lowest BCUT2D eigenvalue weighted by Crippen LogP contribution is -2.33. The highest BCUT2D eigenvalue weighted by Gasteiger charge is 2.18. The second-order valence-corrected chi connectivity index (χ2v) is 5.59. The predicted molar refractivity (Wildman–Crippen MR) is 68.9 cm³/mol. The monoisotopic (exact) mass is 268 g/mol. The van der Waals surface area contributed by atoms with Crippen LogP contribution in [0.3, 0.4) is 0 Å². The largest absolute Gasteiger partial charge is 0.481 e. The Hall–Kier alpha value is -1.40. The molecule has 0 spiro atoms. The summed E-state index contributed by atoms with van der Waals surface area (Å²) in [6.45, 7) is 3.46. The predicted octanol–water partition coefficient (Wildman–Crippen LogP) is 0.987. The first-order chi connectivity index (χ1) is 8.56. The number of aliphatic carboxylic acids is 1. The van der Waals surface area contributed by atoms with Crippen molar-refractivity contribution in [2.24, 2.45) is 0 Å². The molecule has 0 aliphatic carbocycles.